The largest absolute Gasteiger partial charge is 0.467 e. The highest BCUT2D eigenvalue weighted by Crippen LogP contribution is 2.27. The molecular weight excluding hydrogens is 467 g/mol. The number of methoxy groups -OCH3 is 1. The van der Waals surface area contributed by atoms with E-state index in [9.17, 15) is 18.8 Å². The molecule has 1 aromatic heterocycles. The number of esters is 1. The van der Waals surface area contributed by atoms with Crippen LogP contribution in [0.2, 0.25) is 0 Å². The van der Waals surface area contributed by atoms with Gasteiger partial charge in [-0.1, -0.05) is 30.3 Å². The van der Waals surface area contributed by atoms with E-state index in [4.69, 9.17) is 15.2 Å². The van der Waals surface area contributed by atoms with E-state index < -0.39 is 36.1 Å². The van der Waals surface area contributed by atoms with Gasteiger partial charge in [0.1, 0.15) is 18.0 Å². The van der Waals surface area contributed by atoms with Gasteiger partial charge in [0.15, 0.2) is 17.6 Å². The molecule has 34 heavy (non-hydrogen) atoms. The molecule has 0 saturated heterocycles. The minimum absolute atomic E-state index is 0. The van der Waals surface area contributed by atoms with Crippen LogP contribution in [0.4, 0.5) is 15.9 Å². The number of amides is 2. The molecule has 1 heterocycles. The molecule has 0 aliphatic heterocycles. The summed E-state index contributed by atoms with van der Waals surface area (Å²) in [7, 11) is 1.20. The topological polar surface area (TPSA) is 133 Å². The van der Waals surface area contributed by atoms with Gasteiger partial charge in [0, 0.05) is 24.0 Å². The van der Waals surface area contributed by atoms with Crippen molar-refractivity contribution in [1.29, 1.82) is 0 Å². The standard InChI is InChI=1S/C23H21FN4O5.ClH/c1-32-23(31)22(14-5-3-2-4-6-14)28-21(30)13-20(29)27-15-7-8-18(17(24)11-15)33-16-9-10-26-19(25)12-16;/h2-12,22H,13H2,1H3,(H2,25,26)(H,27,29)(H,28,30);1H. The van der Waals surface area contributed by atoms with Gasteiger partial charge >= 0.3 is 5.97 Å². The van der Waals surface area contributed by atoms with Gasteiger partial charge < -0.3 is 25.8 Å². The second-order valence-electron chi connectivity index (χ2n) is 6.82. The molecule has 4 N–H and O–H groups in total. The molecule has 1 atom stereocenters. The van der Waals surface area contributed by atoms with Crippen molar-refractivity contribution in [1.82, 2.24) is 10.3 Å². The lowest BCUT2D eigenvalue weighted by atomic mass is 10.1. The third-order valence-electron chi connectivity index (χ3n) is 4.39. The van der Waals surface area contributed by atoms with Gasteiger partial charge in [-0.15, -0.1) is 12.4 Å². The number of halogens is 2. The summed E-state index contributed by atoms with van der Waals surface area (Å²) in [6.07, 6.45) is 0.835. The Morgan fingerprint density at radius 3 is 2.44 bits per heavy atom. The van der Waals surface area contributed by atoms with Crippen LogP contribution in [0.1, 0.15) is 18.0 Å². The number of hydrogen-bond donors (Lipinski definition) is 3. The Morgan fingerprint density at radius 1 is 1.06 bits per heavy atom. The monoisotopic (exact) mass is 488 g/mol. The van der Waals surface area contributed by atoms with Crippen molar-refractivity contribution < 1.29 is 28.2 Å². The van der Waals surface area contributed by atoms with Crippen LogP contribution in [0.25, 0.3) is 0 Å². The number of rotatable bonds is 8. The first-order valence-electron chi connectivity index (χ1n) is 9.76. The normalized spacial score (nSPS) is 10.9. The molecule has 9 nitrogen and oxygen atoms in total. The smallest absolute Gasteiger partial charge is 0.333 e. The van der Waals surface area contributed by atoms with E-state index in [-0.39, 0.29) is 29.7 Å². The average Bonchev–Trinajstić information content (AvgIpc) is 2.79. The van der Waals surface area contributed by atoms with E-state index in [0.717, 1.165) is 6.07 Å². The molecule has 0 fully saturated rings. The lowest BCUT2D eigenvalue weighted by Crippen LogP contribution is -2.36. The predicted octanol–water partition coefficient (Wildman–Crippen LogP) is 3.38. The maximum Gasteiger partial charge on any atom is 0.333 e. The van der Waals surface area contributed by atoms with Gasteiger partial charge in [-0.05, 0) is 23.8 Å². The molecule has 11 heteroatoms. The van der Waals surface area contributed by atoms with E-state index in [2.05, 4.69) is 15.6 Å². The first kappa shape index (κ1) is 26.1. The first-order valence-corrected chi connectivity index (χ1v) is 9.76. The average molecular weight is 489 g/mol. The summed E-state index contributed by atoms with van der Waals surface area (Å²) in [4.78, 5) is 40.4. The van der Waals surface area contributed by atoms with Crippen LogP contribution in [-0.4, -0.2) is 29.9 Å². The number of hydrogen-bond acceptors (Lipinski definition) is 7. The van der Waals surface area contributed by atoms with Crippen molar-refractivity contribution in [3.05, 3.63) is 78.2 Å². The third-order valence-corrected chi connectivity index (χ3v) is 4.39. The molecule has 1 unspecified atom stereocenters. The number of aromatic nitrogens is 1. The SMILES string of the molecule is COC(=O)C(NC(=O)CC(=O)Nc1ccc(Oc2ccnc(N)c2)c(F)c1)c1ccccc1.Cl. The lowest BCUT2D eigenvalue weighted by molar-refractivity contribution is -0.145. The van der Waals surface area contributed by atoms with Crippen LogP contribution >= 0.6 is 12.4 Å². The van der Waals surface area contributed by atoms with E-state index in [0.29, 0.717) is 11.3 Å². The van der Waals surface area contributed by atoms with Crippen LogP contribution in [0.15, 0.2) is 66.9 Å². The number of pyridine rings is 1. The second-order valence-corrected chi connectivity index (χ2v) is 6.82. The summed E-state index contributed by atoms with van der Waals surface area (Å²) in [6, 6.07) is 14.1. The zero-order chi connectivity index (χ0) is 23.8. The predicted molar refractivity (Wildman–Crippen MR) is 125 cm³/mol. The molecular formula is C23H22ClFN4O5. The highest BCUT2D eigenvalue weighted by molar-refractivity contribution is 6.04. The van der Waals surface area contributed by atoms with Crippen molar-refractivity contribution >= 4 is 41.7 Å². The van der Waals surface area contributed by atoms with Crippen molar-refractivity contribution in [3.63, 3.8) is 0 Å². The molecule has 2 amide bonds. The van der Waals surface area contributed by atoms with E-state index in [1.807, 2.05) is 0 Å². The van der Waals surface area contributed by atoms with Crippen molar-refractivity contribution in [2.24, 2.45) is 0 Å². The molecule has 2 aromatic carbocycles. The zero-order valence-electron chi connectivity index (χ0n) is 18.0. The van der Waals surface area contributed by atoms with Gasteiger partial charge in [-0.2, -0.15) is 0 Å². The van der Waals surface area contributed by atoms with Crippen molar-refractivity contribution in [3.8, 4) is 11.5 Å². The number of anilines is 2. The molecule has 3 rings (SSSR count). The molecule has 0 saturated carbocycles. The van der Waals surface area contributed by atoms with Gasteiger partial charge in [0.25, 0.3) is 0 Å². The van der Waals surface area contributed by atoms with E-state index >= 15 is 0 Å². The molecule has 0 spiro atoms. The summed E-state index contributed by atoms with van der Waals surface area (Å²) >= 11 is 0. The number of nitrogens with zero attached hydrogens (tertiary/aromatic N) is 1. The number of nitrogens with one attached hydrogen (secondary N) is 2. The first-order chi connectivity index (χ1) is 15.9. The minimum atomic E-state index is -1.06. The van der Waals surface area contributed by atoms with Crippen LogP contribution in [0.5, 0.6) is 11.5 Å². The third kappa shape index (κ3) is 7.17. The quantitative estimate of drug-likeness (QED) is 0.327. The summed E-state index contributed by atoms with van der Waals surface area (Å²) in [5, 5.41) is 4.90. The highest BCUT2D eigenvalue weighted by atomic mass is 35.5. The Morgan fingerprint density at radius 2 is 1.79 bits per heavy atom. The van der Waals surface area contributed by atoms with Crippen LogP contribution in [0, 0.1) is 5.82 Å². The Hall–Kier alpha value is -4.18. The number of nitrogens with two attached hydrogens (primary N) is 1. The Labute approximate surface area is 200 Å². The van der Waals surface area contributed by atoms with Gasteiger partial charge in [-0.25, -0.2) is 14.2 Å². The Kier molecular flexibility index (Phi) is 9.33. The second kappa shape index (κ2) is 12.2. The van der Waals surface area contributed by atoms with Gasteiger partial charge in [0.2, 0.25) is 11.8 Å². The molecule has 0 radical (unpaired) electrons. The summed E-state index contributed by atoms with van der Waals surface area (Å²) < 4.78 is 24.5. The fraction of sp³-hybridized carbons (Fsp3) is 0.130. The number of ether oxygens (including phenoxy) is 2. The summed E-state index contributed by atoms with van der Waals surface area (Å²) in [5.41, 5.74) is 6.20. The van der Waals surface area contributed by atoms with Crippen molar-refractivity contribution in [2.45, 2.75) is 12.5 Å². The number of nitrogen functional groups attached to an aromatic ring is 1. The maximum atomic E-state index is 14.4. The fourth-order valence-electron chi connectivity index (χ4n) is 2.88. The van der Waals surface area contributed by atoms with Crippen LogP contribution < -0.4 is 21.1 Å². The minimum Gasteiger partial charge on any atom is -0.467 e. The maximum absolute atomic E-state index is 14.4. The van der Waals surface area contributed by atoms with E-state index in [1.165, 1.54) is 37.6 Å². The molecule has 0 aliphatic rings. The van der Waals surface area contributed by atoms with Gasteiger partial charge in [-0.3, -0.25) is 9.59 Å². The van der Waals surface area contributed by atoms with Crippen LogP contribution in [-0.2, 0) is 19.1 Å². The summed E-state index contributed by atoms with van der Waals surface area (Å²) in [5.74, 6) is -2.38. The molecule has 0 aliphatic carbocycles. The van der Waals surface area contributed by atoms with Crippen molar-refractivity contribution in [2.75, 3.05) is 18.2 Å². The molecule has 0 bridgehead atoms. The lowest BCUT2D eigenvalue weighted by Gasteiger charge is -2.17. The highest BCUT2D eigenvalue weighted by Gasteiger charge is 2.24. The number of carbonyl (C=O) groups excluding carboxylic acids is 3. The fourth-order valence-corrected chi connectivity index (χ4v) is 2.88. The van der Waals surface area contributed by atoms with Crippen LogP contribution in [0.3, 0.4) is 0 Å². The summed E-state index contributed by atoms with van der Waals surface area (Å²) in [6.45, 7) is 0. The number of benzene rings is 2. The Bertz CT molecular complexity index is 1160. The molecule has 3 aromatic rings. The number of carbonyl (C=O) groups is 3. The Balaban J connectivity index is 0.00000408. The zero-order valence-corrected chi connectivity index (χ0v) is 18.8. The van der Waals surface area contributed by atoms with E-state index in [1.54, 1.807) is 30.3 Å². The molecule has 178 valence electrons. The van der Waals surface area contributed by atoms with Gasteiger partial charge in [0.05, 0.1) is 7.11 Å².